The number of anilines is 2. The van der Waals surface area contributed by atoms with Gasteiger partial charge in [-0.1, -0.05) is 19.1 Å². The maximum absolute atomic E-state index is 13.1. The molecule has 0 radical (unpaired) electrons. The van der Waals surface area contributed by atoms with E-state index in [4.69, 9.17) is 9.47 Å². The molecule has 178 valence electrons. The molecule has 0 heterocycles. The third-order valence-electron chi connectivity index (χ3n) is 5.02. The van der Waals surface area contributed by atoms with Gasteiger partial charge in [-0.3, -0.25) is 9.10 Å². The average Bonchev–Trinajstić information content (AvgIpc) is 2.87. The maximum atomic E-state index is 13.1. The van der Waals surface area contributed by atoms with Gasteiger partial charge >= 0.3 is 5.97 Å². The average molecular weight is 483 g/mol. The normalized spacial score (nSPS) is 10.9. The Bertz CT molecular complexity index is 1260. The van der Waals surface area contributed by atoms with Gasteiger partial charge in [-0.05, 0) is 67.1 Å². The van der Waals surface area contributed by atoms with Crippen LogP contribution in [0.1, 0.15) is 34.1 Å². The van der Waals surface area contributed by atoms with Crippen LogP contribution in [-0.2, 0) is 14.8 Å². The highest BCUT2D eigenvalue weighted by molar-refractivity contribution is 7.92. The van der Waals surface area contributed by atoms with Gasteiger partial charge in [0.2, 0.25) is 0 Å². The van der Waals surface area contributed by atoms with Crippen LogP contribution < -0.4 is 14.4 Å². The van der Waals surface area contributed by atoms with Gasteiger partial charge in [0.05, 0.1) is 29.9 Å². The van der Waals surface area contributed by atoms with Gasteiger partial charge in [0.25, 0.3) is 15.9 Å². The van der Waals surface area contributed by atoms with Crippen molar-refractivity contribution in [2.45, 2.75) is 18.2 Å². The Balaban J connectivity index is 1.71. The quantitative estimate of drug-likeness (QED) is 0.455. The van der Waals surface area contributed by atoms with Gasteiger partial charge in [0.15, 0.2) is 0 Å². The molecule has 0 saturated heterocycles. The zero-order valence-corrected chi connectivity index (χ0v) is 20.0. The van der Waals surface area contributed by atoms with E-state index in [2.05, 4.69) is 5.32 Å². The minimum Gasteiger partial charge on any atom is -0.495 e. The number of hydrogen-bond acceptors (Lipinski definition) is 6. The van der Waals surface area contributed by atoms with E-state index in [1.54, 1.807) is 48.5 Å². The van der Waals surface area contributed by atoms with Gasteiger partial charge in [-0.15, -0.1) is 0 Å². The molecule has 0 aromatic heterocycles. The summed E-state index contributed by atoms with van der Waals surface area (Å²) in [6.07, 6.45) is 0.733. The first-order valence-corrected chi connectivity index (χ1v) is 12.0. The third-order valence-corrected chi connectivity index (χ3v) is 6.80. The Morgan fingerprint density at radius 1 is 0.912 bits per heavy atom. The number of amides is 1. The Labute approximate surface area is 199 Å². The SMILES string of the molecule is CCCOC(=O)c1ccc(NC(=O)c2ccc(S(=O)(=O)N(C)c3ccccc3OC)cc2)cc1. The van der Waals surface area contributed by atoms with Crippen LogP contribution in [0.2, 0.25) is 0 Å². The largest absolute Gasteiger partial charge is 0.495 e. The molecule has 0 bridgehead atoms. The molecule has 0 unspecified atom stereocenters. The van der Waals surface area contributed by atoms with Crippen molar-refractivity contribution in [1.82, 2.24) is 0 Å². The number of ether oxygens (including phenoxy) is 2. The number of carbonyl (C=O) groups excluding carboxylic acids is 2. The first-order chi connectivity index (χ1) is 16.3. The molecule has 9 heteroatoms. The van der Waals surface area contributed by atoms with Crippen LogP contribution >= 0.6 is 0 Å². The molecule has 1 amide bonds. The lowest BCUT2D eigenvalue weighted by molar-refractivity contribution is 0.0505. The molecular weight excluding hydrogens is 456 g/mol. The molecule has 0 aliphatic heterocycles. The van der Waals surface area contributed by atoms with Crippen LogP contribution in [0.3, 0.4) is 0 Å². The van der Waals surface area contributed by atoms with Crippen molar-refractivity contribution >= 4 is 33.3 Å². The summed E-state index contributed by atoms with van der Waals surface area (Å²) in [6.45, 7) is 2.25. The number of hydrogen-bond donors (Lipinski definition) is 1. The van der Waals surface area contributed by atoms with Crippen molar-refractivity contribution in [1.29, 1.82) is 0 Å². The fourth-order valence-corrected chi connectivity index (χ4v) is 4.33. The molecule has 0 atom stereocenters. The highest BCUT2D eigenvalue weighted by Gasteiger charge is 2.24. The zero-order valence-electron chi connectivity index (χ0n) is 19.1. The van der Waals surface area contributed by atoms with E-state index in [1.165, 1.54) is 38.4 Å². The zero-order chi connectivity index (χ0) is 24.7. The van der Waals surface area contributed by atoms with E-state index in [9.17, 15) is 18.0 Å². The Morgan fingerprint density at radius 3 is 2.15 bits per heavy atom. The van der Waals surface area contributed by atoms with Crippen LogP contribution in [-0.4, -0.2) is 41.1 Å². The molecule has 3 aromatic carbocycles. The molecular formula is C25H26N2O6S. The second-order valence-corrected chi connectivity index (χ2v) is 9.31. The number of sulfonamides is 1. The van der Waals surface area contributed by atoms with Crippen molar-refractivity contribution in [3.8, 4) is 5.75 Å². The number of nitrogens with one attached hydrogen (secondary N) is 1. The van der Waals surface area contributed by atoms with E-state index in [0.717, 1.165) is 10.7 Å². The van der Waals surface area contributed by atoms with Crippen molar-refractivity contribution in [2.75, 3.05) is 30.4 Å². The predicted molar refractivity (Wildman–Crippen MR) is 130 cm³/mol. The number of methoxy groups -OCH3 is 1. The van der Waals surface area contributed by atoms with Gasteiger partial charge in [-0.2, -0.15) is 0 Å². The second kappa shape index (κ2) is 10.8. The monoisotopic (exact) mass is 482 g/mol. The summed E-state index contributed by atoms with van der Waals surface area (Å²) in [5.74, 6) is -0.410. The molecule has 3 aromatic rings. The molecule has 0 aliphatic carbocycles. The van der Waals surface area contributed by atoms with Crippen LogP contribution in [0.15, 0.2) is 77.7 Å². The van der Waals surface area contributed by atoms with E-state index in [1.807, 2.05) is 6.92 Å². The number of nitrogens with zero attached hydrogens (tertiary/aromatic N) is 1. The lowest BCUT2D eigenvalue weighted by Gasteiger charge is -2.21. The number of para-hydroxylation sites is 2. The lowest BCUT2D eigenvalue weighted by atomic mass is 10.2. The summed E-state index contributed by atoms with van der Waals surface area (Å²) in [5.41, 5.74) is 1.56. The van der Waals surface area contributed by atoms with Crippen LogP contribution in [0.5, 0.6) is 5.75 Å². The first-order valence-electron chi connectivity index (χ1n) is 10.6. The Hall–Kier alpha value is -3.85. The topological polar surface area (TPSA) is 102 Å². The molecule has 1 N–H and O–H groups in total. The van der Waals surface area contributed by atoms with Crippen molar-refractivity contribution in [3.63, 3.8) is 0 Å². The van der Waals surface area contributed by atoms with Gasteiger partial charge in [0, 0.05) is 18.3 Å². The number of benzene rings is 3. The molecule has 3 rings (SSSR count). The summed E-state index contributed by atoms with van der Waals surface area (Å²) < 4.78 is 37.6. The van der Waals surface area contributed by atoms with Gasteiger partial charge in [-0.25, -0.2) is 13.2 Å². The number of carbonyl (C=O) groups is 2. The van der Waals surface area contributed by atoms with E-state index in [0.29, 0.717) is 29.3 Å². The first kappa shape index (κ1) is 24.8. The van der Waals surface area contributed by atoms with E-state index < -0.39 is 21.9 Å². The van der Waals surface area contributed by atoms with E-state index >= 15 is 0 Å². The molecule has 0 fully saturated rings. The summed E-state index contributed by atoms with van der Waals surface area (Å²) >= 11 is 0. The fourth-order valence-electron chi connectivity index (χ4n) is 3.13. The number of esters is 1. The highest BCUT2D eigenvalue weighted by Crippen LogP contribution is 2.30. The Kier molecular flexibility index (Phi) is 7.91. The predicted octanol–water partition coefficient (Wildman–Crippen LogP) is 4.34. The van der Waals surface area contributed by atoms with Gasteiger partial charge in [0.1, 0.15) is 5.75 Å². The smallest absolute Gasteiger partial charge is 0.338 e. The third kappa shape index (κ3) is 5.55. The lowest BCUT2D eigenvalue weighted by Crippen LogP contribution is -2.27. The standard InChI is InChI=1S/C25H26N2O6S/c1-4-17-33-25(29)19-9-13-20(14-10-19)26-24(28)18-11-15-21(16-12-18)34(30,31)27(2)22-7-5-6-8-23(22)32-3/h5-16H,4,17H2,1-3H3,(H,26,28). The minimum absolute atomic E-state index is 0.0346. The molecule has 0 saturated carbocycles. The van der Waals surface area contributed by atoms with Crippen molar-refractivity contribution < 1.29 is 27.5 Å². The summed E-state index contributed by atoms with van der Waals surface area (Å²) in [4.78, 5) is 24.5. The van der Waals surface area contributed by atoms with Crippen LogP contribution in [0, 0.1) is 0 Å². The van der Waals surface area contributed by atoms with Crippen molar-refractivity contribution in [2.24, 2.45) is 0 Å². The van der Waals surface area contributed by atoms with Crippen LogP contribution in [0.4, 0.5) is 11.4 Å². The molecule has 8 nitrogen and oxygen atoms in total. The van der Waals surface area contributed by atoms with Gasteiger partial charge < -0.3 is 14.8 Å². The van der Waals surface area contributed by atoms with E-state index in [-0.39, 0.29) is 10.5 Å². The summed E-state index contributed by atoms with van der Waals surface area (Å²) in [5, 5.41) is 2.72. The number of rotatable bonds is 9. The highest BCUT2D eigenvalue weighted by atomic mass is 32.2. The molecule has 34 heavy (non-hydrogen) atoms. The second-order valence-electron chi connectivity index (χ2n) is 7.34. The summed E-state index contributed by atoms with van der Waals surface area (Å²) in [7, 11) is -0.957. The minimum atomic E-state index is -3.87. The maximum Gasteiger partial charge on any atom is 0.338 e. The Morgan fingerprint density at radius 2 is 1.53 bits per heavy atom. The molecule has 0 spiro atoms. The molecule has 0 aliphatic rings. The fraction of sp³-hybridized carbons (Fsp3) is 0.200. The van der Waals surface area contributed by atoms with Crippen LogP contribution in [0.25, 0.3) is 0 Å². The van der Waals surface area contributed by atoms with Crippen molar-refractivity contribution in [3.05, 3.63) is 83.9 Å². The summed E-state index contributed by atoms with van der Waals surface area (Å²) in [6, 6.07) is 18.8.